The number of nitrogens with zero attached hydrogens (tertiary/aromatic N) is 1. The number of hydrogen-bond donors (Lipinski definition) is 1. The monoisotopic (exact) mass is 295 g/mol. The van der Waals surface area contributed by atoms with Gasteiger partial charge in [0.2, 0.25) is 0 Å². The minimum atomic E-state index is -1.21. The summed E-state index contributed by atoms with van der Waals surface area (Å²) < 4.78 is 13.3. The van der Waals surface area contributed by atoms with Crippen LogP contribution in [0.2, 0.25) is 0 Å². The van der Waals surface area contributed by atoms with Crippen LogP contribution in [0.3, 0.4) is 0 Å². The molecule has 0 spiro atoms. The first kappa shape index (κ1) is 13.9. The van der Waals surface area contributed by atoms with Gasteiger partial charge in [0.05, 0.1) is 0 Å². The summed E-state index contributed by atoms with van der Waals surface area (Å²) in [7, 11) is 0. The molecule has 1 N–H and O–H groups in total. The summed E-state index contributed by atoms with van der Waals surface area (Å²) in [6, 6.07) is 4.75. The van der Waals surface area contributed by atoms with Crippen molar-refractivity contribution >= 4 is 17.7 Å². The van der Waals surface area contributed by atoms with Gasteiger partial charge in [-0.2, -0.15) is 11.8 Å². The third kappa shape index (κ3) is 2.56. The van der Waals surface area contributed by atoms with E-state index in [4.69, 9.17) is 0 Å². The molecule has 108 valence electrons. The second kappa shape index (κ2) is 5.37. The van der Waals surface area contributed by atoms with Crippen molar-refractivity contribution in [2.75, 3.05) is 18.1 Å². The Morgan fingerprint density at radius 2 is 2.05 bits per heavy atom. The molecule has 20 heavy (non-hydrogen) atoms. The molecular formula is C15H18FNO2S. The first-order valence-corrected chi connectivity index (χ1v) is 8.11. The summed E-state index contributed by atoms with van der Waals surface area (Å²) in [5.74, 6) is 1.18. The SMILES string of the molecule is O=C(N1CCc2ccc(F)cc2C1)C1(O)CCSCC1. The highest BCUT2D eigenvalue weighted by Gasteiger charge is 2.40. The molecule has 5 heteroatoms. The maximum Gasteiger partial charge on any atom is 0.254 e. The highest BCUT2D eigenvalue weighted by Crippen LogP contribution is 2.30. The van der Waals surface area contributed by atoms with Crippen molar-refractivity contribution in [3.05, 3.63) is 35.1 Å². The van der Waals surface area contributed by atoms with Gasteiger partial charge in [0.1, 0.15) is 11.4 Å². The summed E-state index contributed by atoms with van der Waals surface area (Å²) in [6.45, 7) is 1.01. The van der Waals surface area contributed by atoms with E-state index in [2.05, 4.69) is 0 Å². The van der Waals surface area contributed by atoms with Gasteiger partial charge in [-0.25, -0.2) is 4.39 Å². The third-order valence-corrected chi connectivity index (χ3v) is 5.17. The molecule has 1 aromatic rings. The Kier molecular flexibility index (Phi) is 3.73. The highest BCUT2D eigenvalue weighted by atomic mass is 32.2. The fourth-order valence-electron chi connectivity index (χ4n) is 2.92. The molecule has 2 heterocycles. The lowest BCUT2D eigenvalue weighted by Crippen LogP contribution is -2.52. The topological polar surface area (TPSA) is 40.5 Å². The van der Waals surface area contributed by atoms with Crippen LogP contribution in [0.5, 0.6) is 0 Å². The van der Waals surface area contributed by atoms with Crippen molar-refractivity contribution in [2.45, 2.75) is 31.4 Å². The van der Waals surface area contributed by atoms with Gasteiger partial charge in [0.15, 0.2) is 0 Å². The maximum absolute atomic E-state index is 13.3. The van der Waals surface area contributed by atoms with Gasteiger partial charge in [-0.05, 0) is 54.0 Å². The number of benzene rings is 1. The lowest BCUT2D eigenvalue weighted by atomic mass is 9.92. The van der Waals surface area contributed by atoms with Gasteiger partial charge >= 0.3 is 0 Å². The molecule has 0 saturated carbocycles. The van der Waals surface area contributed by atoms with Crippen molar-refractivity contribution in [1.82, 2.24) is 4.90 Å². The fourth-order valence-corrected chi connectivity index (χ4v) is 4.08. The first-order valence-electron chi connectivity index (χ1n) is 6.95. The van der Waals surface area contributed by atoms with E-state index in [0.29, 0.717) is 25.9 Å². The molecule has 0 bridgehead atoms. The molecule has 1 aromatic carbocycles. The summed E-state index contributed by atoms with van der Waals surface area (Å²) in [5.41, 5.74) is 0.746. The van der Waals surface area contributed by atoms with E-state index in [9.17, 15) is 14.3 Å². The number of hydrogen-bond acceptors (Lipinski definition) is 3. The zero-order chi connectivity index (χ0) is 14.2. The summed E-state index contributed by atoms with van der Waals surface area (Å²) in [4.78, 5) is 14.2. The van der Waals surface area contributed by atoms with Gasteiger partial charge in [-0.3, -0.25) is 4.79 Å². The Balaban J connectivity index is 1.77. The zero-order valence-electron chi connectivity index (χ0n) is 11.3. The Morgan fingerprint density at radius 3 is 2.80 bits per heavy atom. The van der Waals surface area contributed by atoms with Gasteiger partial charge in [0.25, 0.3) is 5.91 Å². The molecule has 0 radical (unpaired) electrons. The average Bonchev–Trinajstić information content (AvgIpc) is 2.46. The molecule has 3 nitrogen and oxygen atoms in total. The molecular weight excluding hydrogens is 277 g/mol. The summed E-state index contributed by atoms with van der Waals surface area (Å²) in [6.07, 6.45) is 1.76. The van der Waals surface area contributed by atoms with Crippen LogP contribution in [0.1, 0.15) is 24.0 Å². The molecule has 0 atom stereocenters. The van der Waals surface area contributed by atoms with Crippen LogP contribution in [0.15, 0.2) is 18.2 Å². The molecule has 2 aliphatic rings. The standard InChI is InChI=1S/C15H18FNO2S/c16-13-2-1-11-3-6-17(10-12(11)9-13)14(18)15(19)4-7-20-8-5-15/h1-2,9,19H,3-8,10H2. The number of amides is 1. The van der Waals surface area contributed by atoms with E-state index < -0.39 is 5.60 Å². The maximum atomic E-state index is 13.3. The third-order valence-electron chi connectivity index (χ3n) is 4.19. The van der Waals surface area contributed by atoms with Crippen LogP contribution in [0, 0.1) is 5.82 Å². The predicted octanol–water partition coefficient (Wildman–Crippen LogP) is 1.97. The Bertz CT molecular complexity index is 529. The number of thioether (sulfide) groups is 1. The molecule has 2 aliphatic heterocycles. The number of aliphatic hydroxyl groups is 1. The van der Waals surface area contributed by atoms with Gasteiger partial charge < -0.3 is 10.0 Å². The van der Waals surface area contributed by atoms with Crippen LogP contribution in [-0.2, 0) is 17.8 Å². The minimum absolute atomic E-state index is 0.187. The number of fused-ring (bicyclic) bond motifs is 1. The Morgan fingerprint density at radius 1 is 1.30 bits per heavy atom. The van der Waals surface area contributed by atoms with Crippen molar-refractivity contribution in [3.8, 4) is 0 Å². The first-order chi connectivity index (χ1) is 9.58. The lowest BCUT2D eigenvalue weighted by molar-refractivity contribution is -0.153. The number of rotatable bonds is 1. The Hall–Kier alpha value is -1.07. The molecule has 3 rings (SSSR count). The predicted molar refractivity (Wildman–Crippen MR) is 77.0 cm³/mol. The minimum Gasteiger partial charge on any atom is -0.380 e. The zero-order valence-corrected chi connectivity index (χ0v) is 12.1. The smallest absolute Gasteiger partial charge is 0.254 e. The molecule has 1 fully saturated rings. The average molecular weight is 295 g/mol. The van der Waals surface area contributed by atoms with Crippen LogP contribution in [0.4, 0.5) is 4.39 Å². The highest BCUT2D eigenvalue weighted by molar-refractivity contribution is 7.99. The van der Waals surface area contributed by atoms with Crippen molar-refractivity contribution in [1.29, 1.82) is 0 Å². The van der Waals surface area contributed by atoms with Crippen LogP contribution >= 0.6 is 11.8 Å². The van der Waals surface area contributed by atoms with Crippen LogP contribution in [0.25, 0.3) is 0 Å². The largest absolute Gasteiger partial charge is 0.380 e. The number of halogens is 1. The van der Waals surface area contributed by atoms with Gasteiger partial charge in [-0.1, -0.05) is 6.07 Å². The second-order valence-corrected chi connectivity index (χ2v) is 6.76. The van der Waals surface area contributed by atoms with E-state index in [1.54, 1.807) is 22.7 Å². The molecule has 0 unspecified atom stereocenters. The van der Waals surface area contributed by atoms with Crippen molar-refractivity contribution in [2.24, 2.45) is 0 Å². The van der Waals surface area contributed by atoms with Gasteiger partial charge in [0, 0.05) is 13.1 Å². The van der Waals surface area contributed by atoms with E-state index in [1.807, 2.05) is 0 Å². The van der Waals surface area contributed by atoms with Crippen molar-refractivity contribution in [3.63, 3.8) is 0 Å². The van der Waals surface area contributed by atoms with E-state index in [-0.39, 0.29) is 11.7 Å². The molecule has 0 aliphatic carbocycles. The van der Waals surface area contributed by atoms with E-state index >= 15 is 0 Å². The Labute approximate surface area is 122 Å². The molecule has 0 aromatic heterocycles. The van der Waals surface area contributed by atoms with Crippen LogP contribution in [-0.4, -0.2) is 39.6 Å². The lowest BCUT2D eigenvalue weighted by Gasteiger charge is -2.37. The normalized spacial score (nSPS) is 21.4. The fraction of sp³-hybridized carbons (Fsp3) is 0.533. The van der Waals surface area contributed by atoms with E-state index in [1.165, 1.54) is 12.1 Å². The molecule has 1 amide bonds. The summed E-state index contributed by atoms with van der Waals surface area (Å²) >= 11 is 1.77. The quantitative estimate of drug-likeness (QED) is 0.861. The summed E-state index contributed by atoms with van der Waals surface area (Å²) in [5, 5.41) is 10.5. The van der Waals surface area contributed by atoms with E-state index in [0.717, 1.165) is 29.1 Å². The van der Waals surface area contributed by atoms with Crippen molar-refractivity contribution < 1.29 is 14.3 Å². The molecule has 1 saturated heterocycles. The number of carbonyl (C=O) groups excluding carboxylic acids is 1. The number of carbonyl (C=O) groups is 1. The van der Waals surface area contributed by atoms with Crippen LogP contribution < -0.4 is 0 Å². The van der Waals surface area contributed by atoms with Gasteiger partial charge in [-0.15, -0.1) is 0 Å². The second-order valence-electron chi connectivity index (χ2n) is 5.53.